The SMILES string of the molecule is CC1CN(P)C(C)CC1C(=O)c1ccc(F)cc1F. The molecule has 0 aliphatic carbocycles. The maximum Gasteiger partial charge on any atom is 0.169 e. The number of carbonyl (C=O) groups excluding carboxylic acids is 1. The molecule has 0 radical (unpaired) electrons. The van der Waals surface area contributed by atoms with Crippen molar-refractivity contribution in [2.75, 3.05) is 6.54 Å². The molecule has 1 saturated heterocycles. The average molecular weight is 285 g/mol. The highest BCUT2D eigenvalue weighted by Crippen LogP contribution is 2.32. The molecule has 0 N–H and O–H groups in total. The fraction of sp³-hybridized carbons (Fsp3) is 0.500. The van der Waals surface area contributed by atoms with Crippen LogP contribution in [0.5, 0.6) is 0 Å². The Morgan fingerprint density at radius 1 is 1.37 bits per heavy atom. The first-order chi connectivity index (χ1) is 8.90. The third-order valence-electron chi connectivity index (χ3n) is 3.88. The number of nitrogens with zero attached hydrogens (tertiary/aromatic N) is 1. The molecule has 1 aliphatic heterocycles. The van der Waals surface area contributed by atoms with Gasteiger partial charge in [-0.2, -0.15) is 0 Å². The summed E-state index contributed by atoms with van der Waals surface area (Å²) >= 11 is 0. The minimum absolute atomic E-state index is 0.00246. The molecule has 19 heavy (non-hydrogen) atoms. The van der Waals surface area contributed by atoms with Crippen molar-refractivity contribution in [3.8, 4) is 0 Å². The average Bonchev–Trinajstić information content (AvgIpc) is 2.33. The van der Waals surface area contributed by atoms with E-state index in [-0.39, 0.29) is 29.2 Å². The minimum atomic E-state index is -0.766. The van der Waals surface area contributed by atoms with Crippen LogP contribution in [0.4, 0.5) is 8.78 Å². The Morgan fingerprint density at radius 2 is 2.05 bits per heavy atom. The topological polar surface area (TPSA) is 20.3 Å². The van der Waals surface area contributed by atoms with E-state index < -0.39 is 11.6 Å². The Kier molecular flexibility index (Phi) is 4.32. The van der Waals surface area contributed by atoms with Gasteiger partial charge in [-0.15, -0.1) is 0 Å². The summed E-state index contributed by atoms with van der Waals surface area (Å²) < 4.78 is 28.7. The molecule has 0 spiro atoms. The zero-order valence-corrected chi connectivity index (χ0v) is 12.2. The van der Waals surface area contributed by atoms with E-state index in [0.717, 1.165) is 18.7 Å². The lowest BCUT2D eigenvalue weighted by Gasteiger charge is -2.38. The summed E-state index contributed by atoms with van der Waals surface area (Å²) in [6.07, 6.45) is 0.695. The van der Waals surface area contributed by atoms with Gasteiger partial charge in [0.2, 0.25) is 0 Å². The number of Topliss-reactive ketones (excluding diaryl/α,β-unsaturated/α-hetero) is 1. The first kappa shape index (κ1) is 14.5. The molecule has 4 atom stereocenters. The Labute approximate surface area is 114 Å². The summed E-state index contributed by atoms with van der Waals surface area (Å²) in [5.74, 6) is -1.68. The van der Waals surface area contributed by atoms with Gasteiger partial charge in [-0.25, -0.2) is 8.78 Å². The van der Waals surface area contributed by atoms with Gasteiger partial charge in [0.15, 0.2) is 5.78 Å². The van der Waals surface area contributed by atoms with Crippen molar-refractivity contribution in [3.63, 3.8) is 0 Å². The van der Waals surface area contributed by atoms with Crippen LogP contribution in [0.25, 0.3) is 0 Å². The molecule has 2 rings (SSSR count). The van der Waals surface area contributed by atoms with Crippen molar-refractivity contribution in [1.29, 1.82) is 0 Å². The van der Waals surface area contributed by atoms with E-state index in [1.165, 1.54) is 6.07 Å². The lowest BCUT2D eigenvalue weighted by atomic mass is 9.79. The lowest BCUT2D eigenvalue weighted by molar-refractivity contribution is 0.0761. The van der Waals surface area contributed by atoms with Crippen molar-refractivity contribution in [2.24, 2.45) is 11.8 Å². The van der Waals surface area contributed by atoms with E-state index in [9.17, 15) is 13.6 Å². The number of halogens is 2. The summed E-state index contributed by atoms with van der Waals surface area (Å²) in [4.78, 5) is 12.4. The summed E-state index contributed by atoms with van der Waals surface area (Å²) in [5, 5.41) is 0. The van der Waals surface area contributed by atoms with E-state index >= 15 is 0 Å². The van der Waals surface area contributed by atoms with Gasteiger partial charge in [0.25, 0.3) is 0 Å². The second-order valence-corrected chi connectivity index (χ2v) is 6.02. The van der Waals surface area contributed by atoms with Crippen molar-refractivity contribution in [2.45, 2.75) is 26.3 Å². The highest BCUT2D eigenvalue weighted by Gasteiger charge is 2.35. The van der Waals surface area contributed by atoms with Crippen LogP contribution in [0.3, 0.4) is 0 Å². The fourth-order valence-corrected chi connectivity index (χ4v) is 3.08. The van der Waals surface area contributed by atoms with Gasteiger partial charge in [0.05, 0.1) is 5.56 Å². The van der Waals surface area contributed by atoms with Crippen molar-refractivity contribution >= 4 is 15.2 Å². The third kappa shape index (κ3) is 3.01. The molecule has 0 amide bonds. The van der Waals surface area contributed by atoms with Crippen LogP contribution < -0.4 is 0 Å². The molecule has 1 aromatic rings. The predicted octanol–water partition coefficient (Wildman–Crippen LogP) is 3.28. The number of benzene rings is 1. The summed E-state index contributed by atoms with van der Waals surface area (Å²) in [6, 6.07) is 3.41. The van der Waals surface area contributed by atoms with Crippen LogP contribution in [0, 0.1) is 23.5 Å². The van der Waals surface area contributed by atoms with Gasteiger partial charge >= 0.3 is 0 Å². The highest BCUT2D eigenvalue weighted by atomic mass is 31.0. The van der Waals surface area contributed by atoms with Gasteiger partial charge in [-0.3, -0.25) is 9.46 Å². The number of hydrogen-bond acceptors (Lipinski definition) is 2. The van der Waals surface area contributed by atoms with Crippen LogP contribution in [-0.4, -0.2) is 23.0 Å². The van der Waals surface area contributed by atoms with Gasteiger partial charge in [0, 0.05) is 24.6 Å². The molecule has 1 fully saturated rings. The standard InChI is InChI=1S/C14H18F2NOP/c1-8-7-17(19)9(2)5-12(8)14(18)11-4-3-10(15)6-13(11)16/h3-4,6,8-9,12H,5,7,19H2,1-2H3. The van der Waals surface area contributed by atoms with Gasteiger partial charge in [0.1, 0.15) is 11.6 Å². The first-order valence-electron chi connectivity index (χ1n) is 6.40. The van der Waals surface area contributed by atoms with Crippen LogP contribution in [0.1, 0.15) is 30.6 Å². The quantitative estimate of drug-likeness (QED) is 0.614. The second kappa shape index (κ2) is 5.64. The zero-order valence-electron chi connectivity index (χ0n) is 11.1. The van der Waals surface area contributed by atoms with E-state index in [2.05, 4.69) is 14.1 Å². The lowest BCUT2D eigenvalue weighted by Crippen LogP contribution is -2.42. The molecule has 1 aliphatic rings. The molecule has 1 aromatic carbocycles. The number of carbonyl (C=O) groups is 1. The number of hydrogen-bond donors (Lipinski definition) is 0. The van der Waals surface area contributed by atoms with Gasteiger partial charge in [-0.1, -0.05) is 16.3 Å². The summed E-state index contributed by atoms with van der Waals surface area (Å²) in [7, 11) is 2.66. The fourth-order valence-electron chi connectivity index (χ4n) is 2.63. The minimum Gasteiger partial charge on any atom is -0.294 e. The highest BCUT2D eigenvalue weighted by molar-refractivity contribution is 7.13. The van der Waals surface area contributed by atoms with E-state index in [1.54, 1.807) is 0 Å². The van der Waals surface area contributed by atoms with Crippen LogP contribution in [0.2, 0.25) is 0 Å². The molecular formula is C14H18F2NOP. The smallest absolute Gasteiger partial charge is 0.169 e. The maximum atomic E-state index is 13.7. The molecule has 2 nitrogen and oxygen atoms in total. The van der Waals surface area contributed by atoms with Crippen LogP contribution in [-0.2, 0) is 0 Å². The molecule has 0 saturated carbocycles. The Hall–Kier alpha value is -0.860. The van der Waals surface area contributed by atoms with Gasteiger partial charge < -0.3 is 0 Å². The molecular weight excluding hydrogens is 267 g/mol. The molecule has 0 aromatic heterocycles. The third-order valence-corrected chi connectivity index (χ3v) is 4.60. The zero-order chi connectivity index (χ0) is 14.2. The summed E-state index contributed by atoms with van der Waals surface area (Å²) in [6.45, 7) is 4.82. The molecule has 4 unspecified atom stereocenters. The molecule has 5 heteroatoms. The summed E-state index contributed by atoms with van der Waals surface area (Å²) in [5.41, 5.74) is 0.00246. The Bertz CT molecular complexity index is 494. The Morgan fingerprint density at radius 3 is 2.68 bits per heavy atom. The second-order valence-electron chi connectivity index (χ2n) is 5.35. The predicted molar refractivity (Wildman–Crippen MR) is 73.8 cm³/mol. The number of piperidine rings is 1. The molecule has 0 bridgehead atoms. The van der Waals surface area contributed by atoms with Crippen molar-refractivity contribution < 1.29 is 13.6 Å². The monoisotopic (exact) mass is 285 g/mol. The normalized spacial score (nSPS) is 28.4. The Balaban J connectivity index is 2.23. The van der Waals surface area contributed by atoms with Crippen LogP contribution in [0.15, 0.2) is 18.2 Å². The van der Waals surface area contributed by atoms with Gasteiger partial charge in [-0.05, 0) is 31.4 Å². The van der Waals surface area contributed by atoms with E-state index in [1.807, 2.05) is 13.8 Å². The van der Waals surface area contributed by atoms with Crippen molar-refractivity contribution in [3.05, 3.63) is 35.4 Å². The molecule has 104 valence electrons. The van der Waals surface area contributed by atoms with E-state index in [4.69, 9.17) is 0 Å². The van der Waals surface area contributed by atoms with Crippen LogP contribution >= 0.6 is 9.39 Å². The van der Waals surface area contributed by atoms with E-state index in [0.29, 0.717) is 6.42 Å². The maximum absolute atomic E-state index is 13.7. The number of rotatable bonds is 2. The number of ketones is 1. The molecule has 1 heterocycles. The first-order valence-corrected chi connectivity index (χ1v) is 6.92. The van der Waals surface area contributed by atoms with Crippen molar-refractivity contribution in [1.82, 2.24) is 4.67 Å². The largest absolute Gasteiger partial charge is 0.294 e.